The molecule has 1 aliphatic heterocycles. The number of nitrogens with one attached hydrogen (secondary N) is 1. The Labute approximate surface area is 204 Å². The summed E-state index contributed by atoms with van der Waals surface area (Å²) in [6.07, 6.45) is 0.662. The molecule has 0 aliphatic carbocycles. The predicted octanol–water partition coefficient (Wildman–Crippen LogP) is 2.83. The van der Waals surface area contributed by atoms with Gasteiger partial charge in [-0.2, -0.15) is 0 Å². The number of sulfonamides is 1. The first-order valence-corrected chi connectivity index (χ1v) is 13.0. The van der Waals surface area contributed by atoms with Crippen LogP contribution in [0.15, 0.2) is 53.4 Å². The van der Waals surface area contributed by atoms with Crippen molar-refractivity contribution >= 4 is 38.5 Å². The fourth-order valence-corrected chi connectivity index (χ4v) is 4.75. The summed E-state index contributed by atoms with van der Waals surface area (Å²) in [4.78, 5) is 33.1. The molecule has 9 nitrogen and oxygen atoms in total. The molecule has 4 rings (SSSR count). The summed E-state index contributed by atoms with van der Waals surface area (Å²) in [6.45, 7) is 6.01. The zero-order valence-corrected chi connectivity index (χ0v) is 20.5. The van der Waals surface area contributed by atoms with Crippen LogP contribution in [0, 0.1) is 0 Å². The largest absolute Gasteiger partial charge is 0.449 e. The Morgan fingerprint density at radius 3 is 2.57 bits per heavy atom. The number of nitrogens with zero attached hydrogens (tertiary/aromatic N) is 2. The van der Waals surface area contributed by atoms with Gasteiger partial charge in [-0.3, -0.25) is 14.7 Å². The highest BCUT2D eigenvalue weighted by molar-refractivity contribution is 7.89. The Kier molecular flexibility index (Phi) is 7.15. The lowest BCUT2D eigenvalue weighted by Crippen LogP contribution is -2.34. The Hall–Kier alpha value is -3.34. The number of para-hydroxylation sites is 1. The molecule has 35 heavy (non-hydrogen) atoms. The molecule has 1 atom stereocenters. The number of carbonyl (C=O) groups excluding carboxylic acids is 2. The normalized spacial score (nSPS) is 14.8. The number of aromatic nitrogens is 1. The molecule has 1 aromatic heterocycles. The van der Waals surface area contributed by atoms with Crippen molar-refractivity contribution in [3.8, 4) is 0 Å². The van der Waals surface area contributed by atoms with Crippen LogP contribution in [0.3, 0.4) is 0 Å². The average molecular weight is 497 g/mol. The molecule has 2 aromatic carbocycles. The van der Waals surface area contributed by atoms with Crippen LogP contribution in [0.25, 0.3) is 10.9 Å². The number of nitrogens with two attached hydrogens (primary N) is 1. The summed E-state index contributed by atoms with van der Waals surface area (Å²) >= 11 is 0. The van der Waals surface area contributed by atoms with Crippen molar-refractivity contribution in [2.75, 3.05) is 18.4 Å². The van der Waals surface area contributed by atoms with Crippen molar-refractivity contribution in [1.29, 1.82) is 0 Å². The van der Waals surface area contributed by atoms with Crippen LogP contribution >= 0.6 is 0 Å². The second-order valence-electron chi connectivity index (χ2n) is 8.56. The number of benzene rings is 2. The molecule has 10 heteroatoms. The summed E-state index contributed by atoms with van der Waals surface area (Å²) in [5.74, 6) is -1.12. The minimum Gasteiger partial charge on any atom is -0.449 e. The van der Waals surface area contributed by atoms with E-state index in [1.165, 1.54) is 31.2 Å². The SMILES string of the molecule is CCCN1CCc2nc3ccccc3c(C(=O)OC(C)C(=O)Nc3ccc(S(N)(=O)=O)cc3)c2C1. The molecule has 0 bridgehead atoms. The molecule has 2 heterocycles. The number of rotatable bonds is 7. The molecular weight excluding hydrogens is 468 g/mol. The van der Waals surface area contributed by atoms with Crippen molar-refractivity contribution < 1.29 is 22.7 Å². The smallest absolute Gasteiger partial charge is 0.339 e. The van der Waals surface area contributed by atoms with Gasteiger partial charge in [-0.05, 0) is 50.2 Å². The van der Waals surface area contributed by atoms with Crippen molar-refractivity contribution in [3.05, 3.63) is 65.4 Å². The molecular formula is C25H28N4O5S. The Balaban J connectivity index is 1.56. The van der Waals surface area contributed by atoms with Gasteiger partial charge < -0.3 is 10.1 Å². The number of primary sulfonamides is 1. The monoisotopic (exact) mass is 496 g/mol. The van der Waals surface area contributed by atoms with Gasteiger partial charge in [0.05, 0.1) is 16.0 Å². The van der Waals surface area contributed by atoms with Crippen LogP contribution in [-0.2, 0) is 32.5 Å². The first-order valence-electron chi connectivity index (χ1n) is 11.4. The van der Waals surface area contributed by atoms with Gasteiger partial charge in [-0.1, -0.05) is 25.1 Å². The van der Waals surface area contributed by atoms with Crippen LogP contribution in [0.4, 0.5) is 5.69 Å². The first kappa shape index (κ1) is 24.8. The van der Waals surface area contributed by atoms with Crippen LogP contribution in [0.5, 0.6) is 0 Å². The molecule has 3 aromatic rings. The average Bonchev–Trinajstić information content (AvgIpc) is 2.82. The lowest BCUT2D eigenvalue weighted by molar-refractivity contribution is -0.123. The Bertz CT molecular complexity index is 1370. The second kappa shape index (κ2) is 10.1. The van der Waals surface area contributed by atoms with Crippen LogP contribution in [-0.4, -0.2) is 49.4 Å². The predicted molar refractivity (Wildman–Crippen MR) is 132 cm³/mol. The van der Waals surface area contributed by atoms with Gasteiger partial charge in [-0.15, -0.1) is 0 Å². The van der Waals surface area contributed by atoms with Gasteiger partial charge in [0.25, 0.3) is 5.91 Å². The zero-order valence-electron chi connectivity index (χ0n) is 19.7. The van der Waals surface area contributed by atoms with Gasteiger partial charge in [0.1, 0.15) is 0 Å². The van der Waals surface area contributed by atoms with Gasteiger partial charge in [0.15, 0.2) is 6.10 Å². The molecule has 1 aliphatic rings. The number of ether oxygens (including phenoxy) is 1. The summed E-state index contributed by atoms with van der Waals surface area (Å²) < 4.78 is 28.4. The van der Waals surface area contributed by atoms with E-state index in [1.54, 1.807) is 0 Å². The van der Waals surface area contributed by atoms with Crippen LogP contribution in [0.1, 0.15) is 41.9 Å². The molecule has 0 saturated heterocycles. The quantitative estimate of drug-likeness (QED) is 0.481. The maximum atomic E-state index is 13.4. The minimum absolute atomic E-state index is 0.0681. The van der Waals surface area contributed by atoms with E-state index in [2.05, 4.69) is 17.1 Å². The van der Waals surface area contributed by atoms with Crippen molar-refractivity contribution in [1.82, 2.24) is 9.88 Å². The maximum absolute atomic E-state index is 13.4. The van der Waals surface area contributed by atoms with Gasteiger partial charge in [0, 0.05) is 41.8 Å². The lowest BCUT2D eigenvalue weighted by atomic mass is 9.95. The highest BCUT2D eigenvalue weighted by Gasteiger charge is 2.28. The minimum atomic E-state index is -3.83. The van der Waals surface area contributed by atoms with Crippen molar-refractivity contribution in [2.45, 2.75) is 44.2 Å². The van der Waals surface area contributed by atoms with Gasteiger partial charge >= 0.3 is 5.97 Å². The summed E-state index contributed by atoms with van der Waals surface area (Å²) in [7, 11) is -3.83. The standard InChI is InChI=1S/C25H28N4O5S/c1-3-13-29-14-12-22-20(15-29)23(19-6-4-5-7-21(19)28-22)25(31)34-16(2)24(30)27-17-8-10-18(11-9-17)35(26,32)33/h4-11,16H,3,12-15H2,1-2H3,(H,27,30)(H2,26,32,33). The van der Waals surface area contributed by atoms with E-state index >= 15 is 0 Å². The van der Waals surface area contributed by atoms with E-state index in [4.69, 9.17) is 14.9 Å². The number of fused-ring (bicyclic) bond motifs is 2. The highest BCUT2D eigenvalue weighted by atomic mass is 32.2. The number of pyridine rings is 1. The van der Waals surface area contributed by atoms with Gasteiger partial charge in [-0.25, -0.2) is 18.4 Å². The number of anilines is 1. The van der Waals surface area contributed by atoms with Crippen molar-refractivity contribution in [2.24, 2.45) is 5.14 Å². The van der Waals surface area contributed by atoms with Crippen LogP contribution in [0.2, 0.25) is 0 Å². The third-order valence-corrected chi connectivity index (χ3v) is 6.90. The molecule has 0 saturated carbocycles. The van der Waals surface area contributed by atoms with E-state index in [1.807, 2.05) is 24.3 Å². The molecule has 1 amide bonds. The molecule has 1 unspecified atom stereocenters. The van der Waals surface area contributed by atoms with E-state index in [9.17, 15) is 18.0 Å². The number of carbonyl (C=O) groups is 2. The fraction of sp³-hybridized carbons (Fsp3) is 0.320. The van der Waals surface area contributed by atoms with E-state index in [0.29, 0.717) is 28.7 Å². The maximum Gasteiger partial charge on any atom is 0.339 e. The van der Waals surface area contributed by atoms with E-state index in [0.717, 1.165) is 37.2 Å². The fourth-order valence-electron chi connectivity index (χ4n) is 4.23. The lowest BCUT2D eigenvalue weighted by Gasteiger charge is -2.29. The first-order chi connectivity index (χ1) is 16.7. The number of esters is 1. The Morgan fingerprint density at radius 1 is 1.17 bits per heavy atom. The number of hydrogen-bond donors (Lipinski definition) is 2. The third-order valence-electron chi connectivity index (χ3n) is 5.97. The third kappa shape index (κ3) is 5.50. The molecule has 3 N–H and O–H groups in total. The topological polar surface area (TPSA) is 132 Å². The van der Waals surface area contributed by atoms with Gasteiger partial charge in [0.2, 0.25) is 10.0 Å². The number of hydrogen-bond acceptors (Lipinski definition) is 7. The second-order valence-corrected chi connectivity index (χ2v) is 10.1. The molecule has 0 spiro atoms. The van der Waals surface area contributed by atoms with Crippen LogP contribution < -0.4 is 10.5 Å². The Morgan fingerprint density at radius 2 is 1.89 bits per heavy atom. The molecule has 184 valence electrons. The number of amides is 1. The zero-order chi connectivity index (χ0) is 25.2. The highest BCUT2D eigenvalue weighted by Crippen LogP contribution is 2.29. The van der Waals surface area contributed by atoms with E-state index in [-0.39, 0.29) is 4.90 Å². The summed E-state index contributed by atoms with van der Waals surface area (Å²) in [5, 5.41) is 8.42. The van der Waals surface area contributed by atoms with E-state index < -0.39 is 28.0 Å². The molecule has 0 radical (unpaired) electrons. The summed E-state index contributed by atoms with van der Waals surface area (Å²) in [6, 6.07) is 12.9. The summed E-state index contributed by atoms with van der Waals surface area (Å²) in [5.41, 5.74) is 3.25. The molecule has 0 fully saturated rings. The van der Waals surface area contributed by atoms with Crippen molar-refractivity contribution in [3.63, 3.8) is 0 Å².